The minimum atomic E-state index is -0.585. The Hall–Kier alpha value is -2.01. The monoisotopic (exact) mass is 251 g/mol. The molecule has 0 fully saturated rings. The fourth-order valence-electron chi connectivity index (χ4n) is 1.51. The molecule has 2 aromatic rings. The maximum Gasteiger partial charge on any atom is 0.290 e. The Bertz CT molecular complexity index is 688. The molecule has 0 aliphatic rings. The zero-order chi connectivity index (χ0) is 12.6. The number of benzene rings is 1. The number of nitrogens with two attached hydrogens (primary N) is 1. The number of aromatic nitrogens is 2. The van der Waals surface area contributed by atoms with Crippen LogP contribution >= 0.6 is 11.6 Å². The fourth-order valence-corrected chi connectivity index (χ4v) is 1.68. The first-order valence-electron chi connectivity index (χ1n) is 4.88. The lowest BCUT2D eigenvalue weighted by atomic mass is 10.2. The molecule has 2 rings (SSSR count). The van der Waals surface area contributed by atoms with Crippen LogP contribution in [0.5, 0.6) is 0 Å². The van der Waals surface area contributed by atoms with Crippen LogP contribution in [0.4, 0.5) is 5.69 Å². The van der Waals surface area contributed by atoms with Crippen LogP contribution in [-0.4, -0.2) is 9.78 Å². The van der Waals surface area contributed by atoms with E-state index in [0.29, 0.717) is 5.69 Å². The van der Waals surface area contributed by atoms with Gasteiger partial charge in [-0.3, -0.25) is 14.7 Å². The first-order valence-corrected chi connectivity index (χ1v) is 5.26. The molecule has 0 radical (unpaired) electrons. The second-order valence-electron chi connectivity index (χ2n) is 3.60. The number of hydrogen-bond donors (Lipinski definition) is 2. The van der Waals surface area contributed by atoms with Gasteiger partial charge in [0, 0.05) is 0 Å². The number of para-hydroxylation sites is 1. The van der Waals surface area contributed by atoms with Gasteiger partial charge in [-0.1, -0.05) is 29.8 Å². The van der Waals surface area contributed by atoms with Gasteiger partial charge in [-0.15, -0.1) is 0 Å². The van der Waals surface area contributed by atoms with Crippen molar-refractivity contribution in [2.75, 3.05) is 5.73 Å². The van der Waals surface area contributed by atoms with Gasteiger partial charge in [-0.2, -0.15) is 0 Å². The topological polar surface area (TPSA) is 80.9 Å². The number of H-pyrrole nitrogens is 1. The molecular weight excluding hydrogens is 242 g/mol. The third kappa shape index (κ3) is 1.85. The smallest absolute Gasteiger partial charge is 0.290 e. The van der Waals surface area contributed by atoms with Gasteiger partial charge in [0.2, 0.25) is 0 Å². The summed E-state index contributed by atoms with van der Waals surface area (Å²) >= 11 is 5.71. The van der Waals surface area contributed by atoms with E-state index in [-0.39, 0.29) is 10.7 Å². The van der Waals surface area contributed by atoms with Gasteiger partial charge in [-0.05, 0) is 18.6 Å². The second-order valence-corrected chi connectivity index (χ2v) is 3.97. The summed E-state index contributed by atoms with van der Waals surface area (Å²) in [6.07, 6.45) is 0. The van der Waals surface area contributed by atoms with Crippen molar-refractivity contribution in [2.24, 2.45) is 0 Å². The maximum atomic E-state index is 11.9. The number of halogens is 1. The van der Waals surface area contributed by atoms with E-state index in [9.17, 15) is 9.59 Å². The largest absolute Gasteiger partial charge is 0.393 e. The summed E-state index contributed by atoms with van der Waals surface area (Å²) in [7, 11) is 0. The molecule has 0 aliphatic heterocycles. The van der Waals surface area contributed by atoms with Crippen LogP contribution in [0.2, 0.25) is 5.02 Å². The highest BCUT2D eigenvalue weighted by Crippen LogP contribution is 2.12. The third-order valence-corrected chi connectivity index (χ3v) is 2.81. The summed E-state index contributed by atoms with van der Waals surface area (Å²) in [5.74, 6) is 0. The number of hydrogen-bond acceptors (Lipinski definition) is 3. The lowest BCUT2D eigenvalue weighted by Crippen LogP contribution is -2.31. The van der Waals surface area contributed by atoms with Gasteiger partial charge in [0.15, 0.2) is 0 Å². The maximum absolute atomic E-state index is 11.9. The van der Waals surface area contributed by atoms with Crippen molar-refractivity contribution in [3.8, 4) is 5.69 Å². The molecule has 0 bridgehead atoms. The van der Waals surface area contributed by atoms with Crippen LogP contribution in [0, 0.1) is 6.92 Å². The van der Waals surface area contributed by atoms with Gasteiger partial charge < -0.3 is 5.73 Å². The highest BCUT2D eigenvalue weighted by atomic mass is 35.5. The average molecular weight is 252 g/mol. The van der Waals surface area contributed by atoms with E-state index in [4.69, 9.17) is 17.3 Å². The third-order valence-electron chi connectivity index (χ3n) is 2.44. The Labute approximate surface area is 101 Å². The van der Waals surface area contributed by atoms with Gasteiger partial charge in [0.1, 0.15) is 10.7 Å². The SMILES string of the molecule is Cc1ccccc1-n1[nH]c(=O)c(N)c(Cl)c1=O. The van der Waals surface area contributed by atoms with Crippen molar-refractivity contribution >= 4 is 17.3 Å². The Kier molecular flexibility index (Phi) is 2.77. The summed E-state index contributed by atoms with van der Waals surface area (Å²) in [5.41, 5.74) is 5.39. The molecule has 0 spiro atoms. The molecular formula is C11H10ClN3O2. The zero-order valence-electron chi connectivity index (χ0n) is 9.03. The zero-order valence-corrected chi connectivity index (χ0v) is 9.78. The molecule has 0 saturated carbocycles. The van der Waals surface area contributed by atoms with Crippen LogP contribution in [0.1, 0.15) is 5.56 Å². The molecule has 1 heterocycles. The molecule has 1 aromatic heterocycles. The van der Waals surface area contributed by atoms with Crippen molar-refractivity contribution in [1.82, 2.24) is 9.78 Å². The molecule has 6 heteroatoms. The standard InChI is InChI=1S/C11H10ClN3O2/c1-6-4-2-3-5-7(6)15-11(17)8(12)9(13)10(16)14-15/h2-5H,13H2,1H3,(H,14,16). The summed E-state index contributed by atoms with van der Waals surface area (Å²) < 4.78 is 1.09. The quantitative estimate of drug-likeness (QED) is 0.796. The minimum Gasteiger partial charge on any atom is -0.393 e. The van der Waals surface area contributed by atoms with Gasteiger partial charge in [0.05, 0.1) is 5.69 Å². The van der Waals surface area contributed by atoms with E-state index in [0.717, 1.165) is 10.2 Å². The number of anilines is 1. The highest BCUT2D eigenvalue weighted by Gasteiger charge is 2.11. The average Bonchev–Trinajstić information content (AvgIpc) is 2.32. The number of aromatic amines is 1. The van der Waals surface area contributed by atoms with Crippen LogP contribution < -0.4 is 16.9 Å². The van der Waals surface area contributed by atoms with Crippen molar-refractivity contribution in [1.29, 1.82) is 0 Å². The molecule has 0 aliphatic carbocycles. The molecule has 5 nitrogen and oxygen atoms in total. The van der Waals surface area contributed by atoms with E-state index in [1.54, 1.807) is 12.1 Å². The molecule has 1 aromatic carbocycles. The normalized spacial score (nSPS) is 10.5. The molecule has 3 N–H and O–H groups in total. The summed E-state index contributed by atoms with van der Waals surface area (Å²) in [4.78, 5) is 23.3. The molecule has 0 saturated heterocycles. The Morgan fingerprint density at radius 3 is 2.59 bits per heavy atom. The van der Waals surface area contributed by atoms with Crippen LogP contribution in [0.25, 0.3) is 5.69 Å². The number of nitrogen functional groups attached to an aromatic ring is 1. The number of nitrogens with zero attached hydrogens (tertiary/aromatic N) is 1. The second kappa shape index (κ2) is 4.10. The fraction of sp³-hybridized carbons (Fsp3) is 0.0909. The Balaban J connectivity index is 2.83. The van der Waals surface area contributed by atoms with Crippen molar-refractivity contribution in [3.63, 3.8) is 0 Å². The van der Waals surface area contributed by atoms with E-state index in [1.807, 2.05) is 19.1 Å². The van der Waals surface area contributed by atoms with Crippen molar-refractivity contribution in [3.05, 3.63) is 55.6 Å². The first kappa shape index (κ1) is 11.5. The molecule has 0 atom stereocenters. The minimum absolute atomic E-state index is 0.262. The summed E-state index contributed by atoms with van der Waals surface area (Å²) in [6.45, 7) is 1.82. The summed E-state index contributed by atoms with van der Waals surface area (Å²) in [6, 6.07) is 7.13. The number of aryl methyl sites for hydroxylation is 1. The van der Waals surface area contributed by atoms with E-state index in [2.05, 4.69) is 5.10 Å². The highest BCUT2D eigenvalue weighted by molar-refractivity contribution is 6.32. The predicted molar refractivity (Wildman–Crippen MR) is 66.8 cm³/mol. The number of nitrogens with one attached hydrogen (secondary N) is 1. The van der Waals surface area contributed by atoms with Gasteiger partial charge in [-0.25, -0.2) is 4.68 Å². The van der Waals surface area contributed by atoms with Crippen LogP contribution in [0.3, 0.4) is 0 Å². The van der Waals surface area contributed by atoms with Crippen molar-refractivity contribution < 1.29 is 0 Å². The van der Waals surface area contributed by atoms with E-state index < -0.39 is 11.1 Å². The first-order chi connectivity index (χ1) is 8.02. The predicted octanol–water partition coefficient (Wildman–Crippen LogP) is 1.07. The molecule has 88 valence electrons. The lowest BCUT2D eigenvalue weighted by molar-refractivity contribution is 0.784. The molecule has 0 unspecified atom stereocenters. The Morgan fingerprint density at radius 1 is 1.29 bits per heavy atom. The molecule has 0 amide bonds. The van der Waals surface area contributed by atoms with Crippen molar-refractivity contribution in [2.45, 2.75) is 6.92 Å². The van der Waals surface area contributed by atoms with Crippen LogP contribution in [-0.2, 0) is 0 Å². The van der Waals surface area contributed by atoms with Gasteiger partial charge in [0.25, 0.3) is 11.1 Å². The van der Waals surface area contributed by atoms with Crippen LogP contribution in [0.15, 0.2) is 33.9 Å². The summed E-state index contributed by atoms with van der Waals surface area (Å²) in [5, 5.41) is 2.11. The van der Waals surface area contributed by atoms with E-state index >= 15 is 0 Å². The lowest BCUT2D eigenvalue weighted by Gasteiger charge is -2.09. The Morgan fingerprint density at radius 2 is 1.94 bits per heavy atom. The van der Waals surface area contributed by atoms with E-state index in [1.165, 1.54) is 0 Å². The number of rotatable bonds is 1. The van der Waals surface area contributed by atoms with Gasteiger partial charge >= 0.3 is 0 Å². The molecule has 17 heavy (non-hydrogen) atoms.